The van der Waals surface area contributed by atoms with Crippen LogP contribution in [0.5, 0.6) is 23.0 Å². The maximum atomic E-state index is 6.76. The predicted octanol–water partition coefficient (Wildman–Crippen LogP) is 9.73. The Kier molecular flexibility index (Phi) is 6.76. The molecule has 4 heteroatoms. The van der Waals surface area contributed by atoms with E-state index in [-0.39, 0.29) is 12.1 Å². The third kappa shape index (κ3) is 4.73. The van der Waals surface area contributed by atoms with Gasteiger partial charge in [0.15, 0.2) is 0 Å². The number of ether oxygens (including phenoxy) is 2. The molecule has 0 amide bonds. The molecule has 9 rings (SSSR count). The van der Waals surface area contributed by atoms with Crippen LogP contribution in [-0.4, -0.2) is 6.71 Å². The van der Waals surface area contributed by atoms with E-state index in [1.807, 2.05) is 0 Å². The summed E-state index contributed by atoms with van der Waals surface area (Å²) >= 11 is 0. The van der Waals surface area contributed by atoms with Gasteiger partial charge in [-0.2, -0.15) is 0 Å². The first-order chi connectivity index (χ1) is 23.4. The van der Waals surface area contributed by atoms with Gasteiger partial charge in [0, 0.05) is 28.8 Å². The second-order valence-corrected chi connectivity index (χ2v) is 14.4. The fourth-order valence-corrected chi connectivity index (χ4v) is 7.98. The summed E-state index contributed by atoms with van der Waals surface area (Å²) in [6, 6.07) is 46.1. The molecule has 2 heterocycles. The molecule has 6 aromatic carbocycles. The molecule has 234 valence electrons. The van der Waals surface area contributed by atoms with Crippen molar-refractivity contribution in [3.63, 3.8) is 0 Å². The Morgan fingerprint density at radius 3 is 1.83 bits per heavy atom. The quantitative estimate of drug-likeness (QED) is 0.182. The normalized spacial score (nSPS) is 14.1. The molecule has 6 aromatic rings. The van der Waals surface area contributed by atoms with E-state index in [1.54, 1.807) is 0 Å². The predicted molar refractivity (Wildman–Crippen MR) is 200 cm³/mol. The van der Waals surface area contributed by atoms with Crippen LogP contribution in [-0.2, 0) is 18.3 Å². The number of fused-ring (bicyclic) bond motifs is 5. The summed E-state index contributed by atoms with van der Waals surface area (Å²) in [5.74, 6) is 3.48. The number of benzene rings is 6. The second-order valence-electron chi connectivity index (χ2n) is 14.4. The van der Waals surface area contributed by atoms with Gasteiger partial charge in [-0.25, -0.2) is 0 Å². The fourth-order valence-electron chi connectivity index (χ4n) is 7.98. The average molecular weight is 624 g/mol. The number of nitrogens with zero attached hydrogens (tertiary/aromatic N) is 1. The van der Waals surface area contributed by atoms with Gasteiger partial charge >= 0.3 is 0 Å². The van der Waals surface area contributed by atoms with E-state index >= 15 is 0 Å². The highest BCUT2D eigenvalue weighted by atomic mass is 16.5. The highest BCUT2D eigenvalue weighted by molar-refractivity contribution is 6.98. The summed E-state index contributed by atoms with van der Waals surface area (Å²) in [6.45, 7) is 6.85. The number of para-hydroxylation sites is 2. The lowest BCUT2D eigenvalue weighted by atomic mass is 9.35. The maximum absolute atomic E-state index is 6.76. The van der Waals surface area contributed by atoms with Crippen LogP contribution in [0.25, 0.3) is 11.1 Å². The molecule has 0 atom stereocenters. The number of anilines is 3. The minimum absolute atomic E-state index is 0.0436. The van der Waals surface area contributed by atoms with Gasteiger partial charge < -0.3 is 14.4 Å². The van der Waals surface area contributed by atoms with Crippen molar-refractivity contribution in [1.29, 1.82) is 0 Å². The lowest BCUT2D eigenvalue weighted by molar-refractivity contribution is 0.465. The number of hydrogen-bond acceptors (Lipinski definition) is 3. The van der Waals surface area contributed by atoms with Crippen molar-refractivity contribution >= 4 is 40.2 Å². The maximum Gasteiger partial charge on any atom is 0.260 e. The molecule has 0 aromatic heterocycles. The molecule has 0 bridgehead atoms. The first-order valence-corrected chi connectivity index (χ1v) is 17.3. The van der Waals surface area contributed by atoms with Gasteiger partial charge in [0.1, 0.15) is 23.0 Å². The van der Waals surface area contributed by atoms with Gasteiger partial charge in [-0.1, -0.05) is 106 Å². The Bertz CT molecular complexity index is 2110. The molecule has 3 nitrogen and oxygen atoms in total. The van der Waals surface area contributed by atoms with Crippen LogP contribution in [0.1, 0.15) is 50.3 Å². The molecule has 0 saturated heterocycles. The van der Waals surface area contributed by atoms with Gasteiger partial charge in [0.2, 0.25) is 0 Å². The summed E-state index contributed by atoms with van der Waals surface area (Å²) in [5, 5.41) is 0. The number of hydrogen-bond donors (Lipinski definition) is 0. The minimum atomic E-state index is 0.0436. The molecule has 48 heavy (non-hydrogen) atoms. The van der Waals surface area contributed by atoms with Crippen molar-refractivity contribution in [3.8, 4) is 34.1 Å². The SMILES string of the molecule is CC(C)(C)c1ccc(N(c2cc3c4c(c2)Oc2ccccc2B4c2ccccc2O3)c2ccc3c(c2-c2ccccc2)CCCC3)cc1. The Labute approximate surface area is 283 Å². The molecule has 3 aliphatic rings. The van der Waals surface area contributed by atoms with E-state index in [4.69, 9.17) is 9.47 Å². The van der Waals surface area contributed by atoms with Crippen LogP contribution in [0.3, 0.4) is 0 Å². The third-order valence-corrected chi connectivity index (χ3v) is 10.3. The molecular weight excluding hydrogens is 585 g/mol. The van der Waals surface area contributed by atoms with Crippen molar-refractivity contribution in [2.45, 2.75) is 51.9 Å². The monoisotopic (exact) mass is 623 g/mol. The highest BCUT2D eigenvalue weighted by Crippen LogP contribution is 2.47. The van der Waals surface area contributed by atoms with E-state index in [0.717, 1.165) is 52.7 Å². The highest BCUT2D eigenvalue weighted by Gasteiger charge is 2.40. The van der Waals surface area contributed by atoms with E-state index in [0.29, 0.717) is 0 Å². The number of aryl methyl sites for hydroxylation is 1. The van der Waals surface area contributed by atoms with Gasteiger partial charge in [-0.15, -0.1) is 0 Å². The number of rotatable bonds is 4. The molecular formula is C44H38BNO2. The Hall–Kier alpha value is -5.22. The second kappa shape index (κ2) is 11.2. The zero-order valence-electron chi connectivity index (χ0n) is 27.8. The lowest BCUT2D eigenvalue weighted by Gasteiger charge is -2.36. The van der Waals surface area contributed by atoms with Gasteiger partial charge in [0.05, 0.1) is 11.4 Å². The molecule has 2 aliphatic heterocycles. The topological polar surface area (TPSA) is 21.7 Å². The average Bonchev–Trinajstić information content (AvgIpc) is 3.11. The Morgan fingerprint density at radius 1 is 0.583 bits per heavy atom. The first kappa shape index (κ1) is 29.0. The summed E-state index contributed by atoms with van der Waals surface area (Å²) in [6.07, 6.45) is 4.66. The van der Waals surface area contributed by atoms with Crippen molar-refractivity contribution in [2.24, 2.45) is 0 Å². The summed E-state index contributed by atoms with van der Waals surface area (Å²) in [5.41, 5.74) is 13.6. The Morgan fingerprint density at radius 2 is 1.19 bits per heavy atom. The molecule has 0 spiro atoms. The van der Waals surface area contributed by atoms with Crippen molar-refractivity contribution in [2.75, 3.05) is 4.90 Å². The van der Waals surface area contributed by atoms with E-state index < -0.39 is 0 Å². The molecule has 1 aliphatic carbocycles. The van der Waals surface area contributed by atoms with Crippen LogP contribution < -0.4 is 30.8 Å². The fraction of sp³-hybridized carbons (Fsp3) is 0.182. The molecule has 0 unspecified atom stereocenters. The van der Waals surface area contributed by atoms with Gasteiger partial charge in [-0.05, 0) is 94.6 Å². The zero-order chi connectivity index (χ0) is 32.4. The smallest absolute Gasteiger partial charge is 0.260 e. The van der Waals surface area contributed by atoms with Crippen LogP contribution in [0.2, 0.25) is 0 Å². The summed E-state index contributed by atoms with van der Waals surface area (Å²) in [7, 11) is 0. The van der Waals surface area contributed by atoms with Gasteiger partial charge in [-0.3, -0.25) is 0 Å². The van der Waals surface area contributed by atoms with Crippen LogP contribution in [0.4, 0.5) is 17.1 Å². The standard InChI is InChI=1S/C44H38BNO2/c1-44(2,3)31-22-24-32(25-23-31)46(37-26-21-29-13-7-8-16-34(29)42(37)30-14-5-4-6-15-30)33-27-40-43-41(28-33)48-39-20-12-10-18-36(39)45(43)35-17-9-11-19-38(35)47-40/h4-6,9-12,14-15,17-28H,7-8,13,16H2,1-3H3. The largest absolute Gasteiger partial charge is 0.458 e. The molecule has 0 radical (unpaired) electrons. The van der Waals surface area contributed by atoms with Crippen molar-refractivity contribution in [1.82, 2.24) is 0 Å². The van der Waals surface area contributed by atoms with Gasteiger partial charge in [0.25, 0.3) is 6.71 Å². The van der Waals surface area contributed by atoms with Crippen LogP contribution in [0.15, 0.2) is 127 Å². The lowest BCUT2D eigenvalue weighted by Crippen LogP contribution is -2.57. The van der Waals surface area contributed by atoms with E-state index in [1.165, 1.54) is 57.3 Å². The molecule has 0 fully saturated rings. The third-order valence-electron chi connectivity index (χ3n) is 10.3. The Balaban J connectivity index is 1.30. The van der Waals surface area contributed by atoms with E-state index in [9.17, 15) is 0 Å². The zero-order valence-corrected chi connectivity index (χ0v) is 27.8. The minimum Gasteiger partial charge on any atom is -0.458 e. The summed E-state index contributed by atoms with van der Waals surface area (Å²) in [4.78, 5) is 2.42. The van der Waals surface area contributed by atoms with Crippen LogP contribution in [0, 0.1) is 0 Å². The van der Waals surface area contributed by atoms with Crippen molar-refractivity contribution in [3.05, 3.63) is 144 Å². The van der Waals surface area contributed by atoms with Crippen molar-refractivity contribution < 1.29 is 9.47 Å². The first-order valence-electron chi connectivity index (χ1n) is 17.3. The van der Waals surface area contributed by atoms with Crippen LogP contribution >= 0.6 is 0 Å². The molecule has 0 N–H and O–H groups in total. The summed E-state index contributed by atoms with van der Waals surface area (Å²) < 4.78 is 13.5. The molecule has 0 saturated carbocycles. The van der Waals surface area contributed by atoms with E-state index in [2.05, 4.69) is 153 Å².